The van der Waals surface area contributed by atoms with Crippen LogP contribution in [0, 0.1) is 3.57 Å². The predicted octanol–water partition coefficient (Wildman–Crippen LogP) is 4.90. The molecule has 0 aromatic heterocycles. The molecule has 1 atom stereocenters. The summed E-state index contributed by atoms with van der Waals surface area (Å²) in [7, 11) is 1.81. The van der Waals surface area contributed by atoms with E-state index in [1.54, 1.807) is 4.90 Å². The molecule has 1 aliphatic rings. The van der Waals surface area contributed by atoms with Crippen LogP contribution in [0.25, 0.3) is 0 Å². The Morgan fingerprint density at radius 2 is 2.05 bits per heavy atom. The van der Waals surface area contributed by atoms with Gasteiger partial charge in [-0.2, -0.15) is 0 Å². The Labute approximate surface area is 150 Å². The zero-order chi connectivity index (χ0) is 15.1. The molecule has 0 fully saturated rings. The van der Waals surface area contributed by atoms with Gasteiger partial charge in [-0.3, -0.25) is 4.79 Å². The fourth-order valence-corrected chi connectivity index (χ4v) is 3.98. The summed E-state index contributed by atoms with van der Waals surface area (Å²) in [6.45, 7) is 0. The molecule has 3 rings (SSSR count). The highest BCUT2D eigenvalue weighted by Crippen LogP contribution is 2.37. The molecular formula is C16H12BrClINO. The van der Waals surface area contributed by atoms with Crippen LogP contribution in [-0.2, 0) is 11.2 Å². The van der Waals surface area contributed by atoms with Crippen molar-refractivity contribution in [3.05, 3.63) is 61.1 Å². The molecule has 0 saturated carbocycles. The summed E-state index contributed by atoms with van der Waals surface area (Å²) in [4.78, 5) is 13.5. The second-order valence-corrected chi connectivity index (χ2v) is 7.58. The van der Waals surface area contributed by atoms with Crippen molar-refractivity contribution in [2.45, 2.75) is 11.8 Å². The molecule has 5 heteroatoms. The molecule has 0 radical (unpaired) electrons. The summed E-state index contributed by atoms with van der Waals surface area (Å²) in [5, 5.41) is -0.236. The van der Waals surface area contributed by atoms with E-state index in [1.165, 1.54) is 0 Å². The molecule has 2 aromatic rings. The zero-order valence-corrected chi connectivity index (χ0v) is 15.7. The number of anilines is 1. The van der Waals surface area contributed by atoms with Crippen molar-refractivity contribution in [2.75, 3.05) is 11.9 Å². The fraction of sp³-hybridized carbons (Fsp3) is 0.188. The molecular weight excluding hydrogens is 464 g/mol. The average molecular weight is 477 g/mol. The quantitative estimate of drug-likeness (QED) is 0.446. The summed E-state index contributed by atoms with van der Waals surface area (Å²) >= 11 is 12.5. The van der Waals surface area contributed by atoms with Gasteiger partial charge in [0, 0.05) is 20.8 Å². The summed E-state index contributed by atoms with van der Waals surface area (Å²) in [5.74, 6) is 0.128. The maximum atomic E-state index is 11.8. The Hall–Kier alpha value is -0.590. The van der Waals surface area contributed by atoms with E-state index < -0.39 is 0 Å². The van der Waals surface area contributed by atoms with Crippen LogP contribution >= 0.6 is 50.1 Å². The number of halogens is 3. The van der Waals surface area contributed by atoms with E-state index in [0.717, 1.165) is 30.4 Å². The van der Waals surface area contributed by atoms with Crippen LogP contribution in [0.1, 0.15) is 22.1 Å². The Morgan fingerprint density at radius 1 is 1.29 bits per heavy atom. The largest absolute Gasteiger partial charge is 0.315 e. The smallest absolute Gasteiger partial charge is 0.231 e. The van der Waals surface area contributed by atoms with E-state index in [2.05, 4.69) is 44.6 Å². The second-order valence-electron chi connectivity index (χ2n) is 5.05. The highest BCUT2D eigenvalue weighted by molar-refractivity contribution is 14.1. The van der Waals surface area contributed by atoms with E-state index in [9.17, 15) is 4.79 Å². The number of alkyl halides is 1. The number of carbonyl (C=O) groups is 1. The molecule has 0 spiro atoms. The number of hydrogen-bond donors (Lipinski definition) is 0. The molecule has 0 bridgehead atoms. The summed E-state index contributed by atoms with van der Waals surface area (Å²) in [6, 6.07) is 12.1. The van der Waals surface area contributed by atoms with Crippen molar-refractivity contribution in [1.29, 1.82) is 0 Å². The minimum atomic E-state index is -0.236. The number of hydrogen-bond acceptors (Lipinski definition) is 1. The highest BCUT2D eigenvalue weighted by atomic mass is 127. The summed E-state index contributed by atoms with van der Waals surface area (Å²) in [6.07, 6.45) is 0.455. The van der Waals surface area contributed by atoms with Crippen LogP contribution in [-0.4, -0.2) is 13.0 Å². The van der Waals surface area contributed by atoms with Gasteiger partial charge in [-0.15, -0.1) is 11.6 Å². The van der Waals surface area contributed by atoms with Crippen LogP contribution in [0.3, 0.4) is 0 Å². The number of amides is 1. The number of rotatable bonds is 2. The lowest BCUT2D eigenvalue weighted by Crippen LogP contribution is -2.20. The summed E-state index contributed by atoms with van der Waals surface area (Å²) in [5.41, 5.74) is 4.09. The van der Waals surface area contributed by atoms with Crippen molar-refractivity contribution < 1.29 is 4.79 Å². The Bertz CT molecular complexity index is 734. The van der Waals surface area contributed by atoms with Crippen molar-refractivity contribution in [3.63, 3.8) is 0 Å². The maximum absolute atomic E-state index is 11.8. The van der Waals surface area contributed by atoms with Crippen LogP contribution in [0.2, 0.25) is 0 Å². The lowest BCUT2D eigenvalue weighted by atomic mass is 10.0. The van der Waals surface area contributed by atoms with Gasteiger partial charge in [-0.25, -0.2) is 0 Å². The molecule has 1 aliphatic heterocycles. The third kappa shape index (κ3) is 2.85. The van der Waals surface area contributed by atoms with Crippen molar-refractivity contribution >= 4 is 61.7 Å². The molecule has 108 valence electrons. The highest BCUT2D eigenvalue weighted by Gasteiger charge is 2.25. The lowest BCUT2D eigenvalue weighted by Gasteiger charge is -2.15. The molecule has 1 amide bonds. The first-order valence-electron chi connectivity index (χ1n) is 6.46. The van der Waals surface area contributed by atoms with Crippen LogP contribution < -0.4 is 4.90 Å². The third-order valence-electron chi connectivity index (χ3n) is 3.70. The van der Waals surface area contributed by atoms with Gasteiger partial charge in [0.1, 0.15) is 0 Å². The number of fused-ring (bicyclic) bond motifs is 1. The van der Waals surface area contributed by atoms with Crippen molar-refractivity contribution in [1.82, 2.24) is 0 Å². The normalized spacial score (nSPS) is 15.2. The minimum Gasteiger partial charge on any atom is -0.315 e. The fourth-order valence-electron chi connectivity index (χ4n) is 2.54. The van der Waals surface area contributed by atoms with E-state index >= 15 is 0 Å². The van der Waals surface area contributed by atoms with Crippen molar-refractivity contribution in [2.24, 2.45) is 0 Å². The molecule has 2 nitrogen and oxygen atoms in total. The maximum Gasteiger partial charge on any atom is 0.231 e. The Balaban J connectivity index is 2.00. The first kappa shape index (κ1) is 15.3. The summed E-state index contributed by atoms with van der Waals surface area (Å²) < 4.78 is 2.14. The van der Waals surface area contributed by atoms with E-state index in [1.807, 2.05) is 37.4 Å². The number of nitrogens with zero attached hydrogens (tertiary/aromatic N) is 1. The van der Waals surface area contributed by atoms with Gasteiger partial charge >= 0.3 is 0 Å². The Morgan fingerprint density at radius 3 is 2.81 bits per heavy atom. The van der Waals surface area contributed by atoms with E-state index in [-0.39, 0.29) is 11.3 Å². The van der Waals surface area contributed by atoms with Crippen molar-refractivity contribution in [3.8, 4) is 0 Å². The molecule has 1 heterocycles. The first-order valence-corrected chi connectivity index (χ1v) is 8.76. The lowest BCUT2D eigenvalue weighted by molar-refractivity contribution is -0.117. The number of benzene rings is 2. The van der Waals surface area contributed by atoms with E-state index in [4.69, 9.17) is 11.6 Å². The van der Waals surface area contributed by atoms with Gasteiger partial charge in [0.25, 0.3) is 0 Å². The van der Waals surface area contributed by atoms with Gasteiger partial charge in [-0.1, -0.05) is 28.1 Å². The molecule has 21 heavy (non-hydrogen) atoms. The van der Waals surface area contributed by atoms with Gasteiger partial charge in [0.2, 0.25) is 5.91 Å². The predicted molar refractivity (Wildman–Crippen MR) is 98.1 cm³/mol. The zero-order valence-electron chi connectivity index (χ0n) is 11.2. The van der Waals surface area contributed by atoms with Crippen LogP contribution in [0.5, 0.6) is 0 Å². The first-order chi connectivity index (χ1) is 9.97. The SMILES string of the molecule is CN1C(=O)Cc2cc(C(Cl)c3cc(I)ccc3Br)ccc21. The molecule has 0 saturated heterocycles. The third-order valence-corrected chi connectivity index (χ3v) is 5.58. The molecule has 1 unspecified atom stereocenters. The number of likely N-dealkylation sites (N-methyl/N-ethyl adjacent to an activating group) is 1. The Kier molecular flexibility index (Phi) is 4.30. The van der Waals surface area contributed by atoms with Gasteiger partial charge in [0.15, 0.2) is 0 Å². The molecule has 0 aliphatic carbocycles. The molecule has 0 N–H and O–H groups in total. The molecule has 2 aromatic carbocycles. The second kappa shape index (κ2) is 5.89. The average Bonchev–Trinajstić information content (AvgIpc) is 2.75. The van der Waals surface area contributed by atoms with Crippen LogP contribution in [0.4, 0.5) is 5.69 Å². The van der Waals surface area contributed by atoms with Crippen LogP contribution in [0.15, 0.2) is 40.9 Å². The standard InChI is InChI=1S/C16H12BrClINO/c1-20-14-5-2-9(6-10(14)7-15(20)21)16(18)12-8-11(19)3-4-13(12)17/h2-6,8,16H,7H2,1H3. The monoisotopic (exact) mass is 475 g/mol. The minimum absolute atomic E-state index is 0.128. The van der Waals surface area contributed by atoms with E-state index in [0.29, 0.717) is 6.42 Å². The number of carbonyl (C=O) groups excluding carboxylic acids is 1. The van der Waals surface area contributed by atoms with Gasteiger partial charge in [0.05, 0.1) is 11.8 Å². The van der Waals surface area contributed by atoms with Gasteiger partial charge < -0.3 is 4.90 Å². The van der Waals surface area contributed by atoms with Gasteiger partial charge in [-0.05, 0) is 63.5 Å². The topological polar surface area (TPSA) is 20.3 Å².